The number of hydrogen-bond donors (Lipinski definition) is 0. The fourth-order valence-corrected chi connectivity index (χ4v) is 3.51. The fourth-order valence-electron chi connectivity index (χ4n) is 3.51. The van der Waals surface area contributed by atoms with Gasteiger partial charge in [0.1, 0.15) is 0 Å². The van der Waals surface area contributed by atoms with Gasteiger partial charge in [-0.25, -0.2) is 0 Å². The molecule has 1 aliphatic carbocycles. The summed E-state index contributed by atoms with van der Waals surface area (Å²) in [6.07, 6.45) is 4.37. The van der Waals surface area contributed by atoms with Crippen molar-refractivity contribution in [2.24, 2.45) is 0 Å². The Balaban J connectivity index is 1.78. The highest BCUT2D eigenvalue weighted by Crippen LogP contribution is 2.49. The molecule has 0 N–H and O–H groups in total. The summed E-state index contributed by atoms with van der Waals surface area (Å²) in [6.45, 7) is 0.245. The van der Waals surface area contributed by atoms with E-state index in [4.69, 9.17) is 0 Å². The predicted octanol–water partition coefficient (Wildman–Crippen LogP) is 2.69. The van der Waals surface area contributed by atoms with E-state index in [1.54, 1.807) is 6.20 Å². The third-order valence-electron chi connectivity index (χ3n) is 4.83. The van der Waals surface area contributed by atoms with Gasteiger partial charge in [-0.2, -0.15) is 0 Å². The van der Waals surface area contributed by atoms with Crippen molar-refractivity contribution in [2.75, 3.05) is 0 Å². The van der Waals surface area contributed by atoms with Crippen LogP contribution in [0.25, 0.3) is 0 Å². The molecule has 110 valence electrons. The van der Waals surface area contributed by atoms with Crippen LogP contribution in [0.2, 0.25) is 0 Å². The fraction of sp³-hybridized carbons (Fsp3) is 0.278. The maximum absolute atomic E-state index is 13.0. The van der Waals surface area contributed by atoms with Crippen LogP contribution in [-0.4, -0.2) is 21.7 Å². The van der Waals surface area contributed by atoms with Crippen molar-refractivity contribution in [3.05, 3.63) is 65.5 Å². The van der Waals surface area contributed by atoms with Crippen molar-refractivity contribution in [2.45, 2.75) is 31.2 Å². The number of amides is 2. The molecule has 0 atom stereocenters. The third-order valence-corrected chi connectivity index (χ3v) is 4.83. The Morgan fingerprint density at radius 1 is 1.05 bits per heavy atom. The lowest BCUT2D eigenvalue weighted by Crippen LogP contribution is -2.57. The molecule has 2 aliphatic rings. The van der Waals surface area contributed by atoms with Gasteiger partial charge in [0.25, 0.3) is 5.91 Å². The summed E-state index contributed by atoms with van der Waals surface area (Å²) in [5, 5.41) is 0. The zero-order valence-electron chi connectivity index (χ0n) is 12.2. The summed E-state index contributed by atoms with van der Waals surface area (Å²) in [5.41, 5.74) is 1.82. The van der Waals surface area contributed by atoms with Gasteiger partial charge in [-0.3, -0.25) is 19.5 Å². The van der Waals surface area contributed by atoms with Crippen LogP contribution in [0, 0.1) is 0 Å². The molecule has 1 aliphatic heterocycles. The van der Waals surface area contributed by atoms with Gasteiger partial charge >= 0.3 is 0 Å². The lowest BCUT2D eigenvalue weighted by atomic mass is 9.61. The van der Waals surface area contributed by atoms with Gasteiger partial charge < -0.3 is 0 Å². The summed E-state index contributed by atoms with van der Waals surface area (Å²) in [7, 11) is 0. The zero-order valence-corrected chi connectivity index (χ0v) is 12.2. The highest BCUT2D eigenvalue weighted by molar-refractivity contribution is 6.13. The number of carbonyl (C=O) groups excluding carboxylic acids is 2. The zero-order chi connectivity index (χ0) is 15.2. The molecule has 22 heavy (non-hydrogen) atoms. The molecule has 1 aromatic heterocycles. The third kappa shape index (κ3) is 1.73. The van der Waals surface area contributed by atoms with Crippen LogP contribution in [0.1, 0.15) is 40.9 Å². The van der Waals surface area contributed by atoms with Crippen LogP contribution in [0.4, 0.5) is 0 Å². The standard InChI is InChI=1S/C18H16N2O2/c21-16-14-7-1-2-8-15(14)18(9-5-10-18)17(22)20(16)12-13-6-3-4-11-19-13/h1-4,6-8,11H,5,9-10,12H2. The number of fused-ring (bicyclic) bond motifs is 2. The van der Waals surface area contributed by atoms with Gasteiger partial charge in [0.15, 0.2) is 0 Å². The summed E-state index contributed by atoms with van der Waals surface area (Å²) in [4.78, 5) is 31.3. The van der Waals surface area contributed by atoms with Gasteiger partial charge in [0, 0.05) is 11.8 Å². The molecule has 0 saturated heterocycles. The molecule has 1 spiro atoms. The average molecular weight is 292 g/mol. The molecular formula is C18H16N2O2. The van der Waals surface area contributed by atoms with Crippen LogP contribution in [-0.2, 0) is 16.8 Å². The Bertz CT molecular complexity index is 751. The van der Waals surface area contributed by atoms with Crippen molar-refractivity contribution >= 4 is 11.8 Å². The van der Waals surface area contributed by atoms with E-state index in [1.165, 1.54) is 4.90 Å². The van der Waals surface area contributed by atoms with Crippen LogP contribution in [0.5, 0.6) is 0 Å². The topological polar surface area (TPSA) is 50.3 Å². The first-order valence-electron chi connectivity index (χ1n) is 7.58. The minimum Gasteiger partial charge on any atom is -0.273 e. The molecule has 0 radical (unpaired) electrons. The Hall–Kier alpha value is -2.49. The van der Waals surface area contributed by atoms with Crippen molar-refractivity contribution in [1.29, 1.82) is 0 Å². The molecule has 0 bridgehead atoms. The molecule has 1 aromatic carbocycles. The summed E-state index contributed by atoms with van der Waals surface area (Å²) in [6, 6.07) is 13.1. The second-order valence-electron chi connectivity index (χ2n) is 6.00. The predicted molar refractivity (Wildman–Crippen MR) is 81.1 cm³/mol. The van der Waals surface area contributed by atoms with E-state index in [1.807, 2.05) is 42.5 Å². The van der Waals surface area contributed by atoms with Gasteiger partial charge in [0.05, 0.1) is 17.7 Å². The molecule has 4 nitrogen and oxygen atoms in total. The van der Waals surface area contributed by atoms with Crippen LogP contribution in [0.3, 0.4) is 0 Å². The van der Waals surface area contributed by atoms with E-state index in [0.717, 1.165) is 30.5 Å². The van der Waals surface area contributed by atoms with E-state index >= 15 is 0 Å². The molecule has 2 heterocycles. The number of imide groups is 1. The average Bonchev–Trinajstić information content (AvgIpc) is 2.51. The highest BCUT2D eigenvalue weighted by Gasteiger charge is 2.53. The molecule has 0 unspecified atom stereocenters. The van der Waals surface area contributed by atoms with Gasteiger partial charge in [-0.1, -0.05) is 30.7 Å². The van der Waals surface area contributed by atoms with Crippen LogP contribution in [0.15, 0.2) is 48.7 Å². The van der Waals surface area contributed by atoms with Crippen molar-refractivity contribution in [1.82, 2.24) is 9.88 Å². The monoisotopic (exact) mass is 292 g/mol. The first-order chi connectivity index (χ1) is 10.7. The largest absolute Gasteiger partial charge is 0.273 e. The van der Waals surface area contributed by atoms with Crippen molar-refractivity contribution < 1.29 is 9.59 Å². The maximum atomic E-state index is 13.0. The van der Waals surface area contributed by atoms with E-state index in [-0.39, 0.29) is 18.4 Å². The Morgan fingerprint density at radius 3 is 2.50 bits per heavy atom. The Morgan fingerprint density at radius 2 is 1.82 bits per heavy atom. The highest BCUT2D eigenvalue weighted by atomic mass is 16.2. The van der Waals surface area contributed by atoms with Gasteiger partial charge in [-0.15, -0.1) is 0 Å². The van der Waals surface area contributed by atoms with Gasteiger partial charge in [-0.05, 0) is 36.6 Å². The quantitative estimate of drug-likeness (QED) is 0.800. The van der Waals surface area contributed by atoms with Crippen LogP contribution < -0.4 is 0 Å². The summed E-state index contributed by atoms with van der Waals surface area (Å²) < 4.78 is 0. The van der Waals surface area contributed by atoms with Crippen molar-refractivity contribution in [3.63, 3.8) is 0 Å². The molecular weight excluding hydrogens is 276 g/mol. The second kappa shape index (κ2) is 4.77. The number of hydrogen-bond acceptors (Lipinski definition) is 3. The minimum absolute atomic E-state index is 0.0619. The molecule has 1 saturated carbocycles. The van der Waals surface area contributed by atoms with Crippen molar-refractivity contribution in [3.8, 4) is 0 Å². The van der Waals surface area contributed by atoms with E-state index in [9.17, 15) is 9.59 Å². The molecule has 4 heteroatoms. The first-order valence-corrected chi connectivity index (χ1v) is 7.58. The summed E-state index contributed by atoms with van der Waals surface area (Å²) in [5.74, 6) is -0.267. The first kappa shape index (κ1) is 13.2. The van der Waals surface area contributed by atoms with E-state index in [2.05, 4.69) is 4.98 Å². The number of benzene rings is 1. The minimum atomic E-state index is -0.487. The van der Waals surface area contributed by atoms with E-state index in [0.29, 0.717) is 5.56 Å². The Kier molecular flexibility index (Phi) is 2.86. The second-order valence-corrected chi connectivity index (χ2v) is 6.00. The molecule has 2 aromatic rings. The van der Waals surface area contributed by atoms with E-state index < -0.39 is 5.41 Å². The van der Waals surface area contributed by atoms with Crippen LogP contribution >= 0.6 is 0 Å². The lowest BCUT2D eigenvalue weighted by molar-refractivity contribution is -0.139. The number of aromatic nitrogens is 1. The smallest absolute Gasteiger partial charge is 0.261 e. The number of pyridine rings is 1. The van der Waals surface area contributed by atoms with Gasteiger partial charge in [0.2, 0.25) is 5.91 Å². The SMILES string of the molecule is O=C1c2ccccc2C2(CCC2)C(=O)N1Cc1ccccn1. The molecule has 4 rings (SSSR count). The maximum Gasteiger partial charge on any atom is 0.261 e. The number of carbonyl (C=O) groups is 2. The normalized spacial score (nSPS) is 19.0. The molecule has 1 fully saturated rings. The number of rotatable bonds is 2. The Labute approximate surface area is 128 Å². The summed E-state index contributed by atoms with van der Waals surface area (Å²) >= 11 is 0. The lowest BCUT2D eigenvalue weighted by Gasteiger charge is -2.47. The number of nitrogens with zero attached hydrogens (tertiary/aromatic N) is 2. The molecule has 2 amide bonds.